The highest BCUT2D eigenvalue weighted by atomic mass is 32.2. The van der Waals surface area contributed by atoms with Crippen LogP contribution in [0.1, 0.15) is 29.2 Å². The summed E-state index contributed by atoms with van der Waals surface area (Å²) in [6, 6.07) is 15.1. The fraction of sp³-hybridized carbons (Fsp3) is 0.294. The first-order valence-corrected chi connectivity index (χ1v) is 8.56. The Balaban J connectivity index is 1.95. The minimum absolute atomic E-state index is 0.0625. The highest BCUT2D eigenvalue weighted by Crippen LogP contribution is 2.37. The van der Waals surface area contributed by atoms with E-state index in [4.69, 9.17) is 0 Å². The number of hydrogen-bond donors (Lipinski definition) is 0. The molecule has 0 heterocycles. The number of fused-ring (bicyclic) bond motifs is 1. The second-order valence-corrected chi connectivity index (χ2v) is 7.59. The summed E-state index contributed by atoms with van der Waals surface area (Å²) in [5.41, 5.74) is 3.45. The quantitative estimate of drug-likeness (QED) is 0.872. The third-order valence-electron chi connectivity index (χ3n) is 4.24. The van der Waals surface area contributed by atoms with Crippen LogP contribution < -0.4 is 0 Å². The van der Waals surface area contributed by atoms with Crippen LogP contribution in [0.3, 0.4) is 0 Å². The lowest BCUT2D eigenvalue weighted by Crippen LogP contribution is -2.30. The molecule has 0 amide bonds. The van der Waals surface area contributed by atoms with E-state index in [1.54, 1.807) is 19.2 Å². The summed E-state index contributed by atoms with van der Waals surface area (Å²) in [6.45, 7) is 1.95. The zero-order valence-electron chi connectivity index (χ0n) is 12.3. The minimum atomic E-state index is -3.45. The molecule has 1 aliphatic carbocycles. The van der Waals surface area contributed by atoms with Crippen molar-refractivity contribution in [1.29, 1.82) is 0 Å². The van der Waals surface area contributed by atoms with E-state index < -0.39 is 10.0 Å². The van der Waals surface area contributed by atoms with Crippen LogP contribution in [0.4, 0.5) is 0 Å². The molecule has 3 rings (SSSR count). The normalized spacial score (nSPS) is 18.0. The van der Waals surface area contributed by atoms with Gasteiger partial charge in [0.25, 0.3) is 0 Å². The topological polar surface area (TPSA) is 37.4 Å². The zero-order valence-corrected chi connectivity index (χ0v) is 13.1. The van der Waals surface area contributed by atoms with Crippen LogP contribution in [-0.2, 0) is 16.4 Å². The highest BCUT2D eigenvalue weighted by molar-refractivity contribution is 7.89. The number of sulfonamides is 1. The average molecular weight is 301 g/mol. The van der Waals surface area contributed by atoms with E-state index in [0.717, 1.165) is 24.0 Å². The molecule has 0 N–H and O–H groups in total. The molecule has 0 bridgehead atoms. The Morgan fingerprint density at radius 1 is 1.05 bits per heavy atom. The third-order valence-corrected chi connectivity index (χ3v) is 6.12. The summed E-state index contributed by atoms with van der Waals surface area (Å²) >= 11 is 0. The van der Waals surface area contributed by atoms with Crippen molar-refractivity contribution in [2.45, 2.75) is 30.7 Å². The molecule has 0 saturated carbocycles. The van der Waals surface area contributed by atoms with Gasteiger partial charge in [0.05, 0.1) is 10.9 Å². The van der Waals surface area contributed by atoms with E-state index in [1.165, 1.54) is 9.87 Å². The predicted molar refractivity (Wildman–Crippen MR) is 83.6 cm³/mol. The maximum atomic E-state index is 12.8. The molecule has 0 saturated heterocycles. The van der Waals surface area contributed by atoms with Crippen LogP contribution >= 0.6 is 0 Å². The zero-order chi connectivity index (χ0) is 15.0. The van der Waals surface area contributed by atoms with Crippen LogP contribution in [0.2, 0.25) is 0 Å². The summed E-state index contributed by atoms with van der Waals surface area (Å²) in [4.78, 5) is 0.361. The largest absolute Gasteiger partial charge is 0.243 e. The Hall–Kier alpha value is -1.65. The maximum Gasteiger partial charge on any atom is 0.243 e. The minimum Gasteiger partial charge on any atom is -0.207 e. The number of nitrogens with zero attached hydrogens (tertiary/aromatic N) is 1. The summed E-state index contributed by atoms with van der Waals surface area (Å²) < 4.78 is 27.0. The Kier molecular flexibility index (Phi) is 3.59. The van der Waals surface area contributed by atoms with E-state index in [9.17, 15) is 8.42 Å². The van der Waals surface area contributed by atoms with Crippen LogP contribution in [-0.4, -0.2) is 19.8 Å². The van der Waals surface area contributed by atoms with Gasteiger partial charge in [0, 0.05) is 7.05 Å². The molecule has 2 aromatic carbocycles. The molecule has 0 spiro atoms. The van der Waals surface area contributed by atoms with Crippen LogP contribution in [0, 0.1) is 6.92 Å². The standard InChI is InChI=1S/C17H19NO2S/c1-13-7-10-15(11-8-13)21(19,20)18(2)17-12-9-14-5-3-4-6-16(14)17/h3-8,10-11,17H,9,12H2,1-2H3. The second-order valence-electron chi connectivity index (χ2n) is 5.59. The van der Waals surface area contributed by atoms with Crippen molar-refractivity contribution < 1.29 is 8.42 Å². The Morgan fingerprint density at radius 2 is 1.71 bits per heavy atom. The van der Waals surface area contributed by atoms with Gasteiger partial charge in [-0.25, -0.2) is 8.42 Å². The van der Waals surface area contributed by atoms with Gasteiger partial charge in [0.15, 0.2) is 0 Å². The van der Waals surface area contributed by atoms with E-state index in [-0.39, 0.29) is 6.04 Å². The van der Waals surface area contributed by atoms with Crippen molar-refractivity contribution in [3.63, 3.8) is 0 Å². The summed E-state index contributed by atoms with van der Waals surface area (Å²) in [5.74, 6) is 0. The molecule has 0 radical (unpaired) electrons. The first kappa shape index (κ1) is 14.3. The predicted octanol–water partition coefficient (Wildman–Crippen LogP) is 3.30. The first-order chi connectivity index (χ1) is 10.00. The fourth-order valence-electron chi connectivity index (χ4n) is 2.96. The molecular weight excluding hydrogens is 282 g/mol. The van der Waals surface area contributed by atoms with Gasteiger partial charge >= 0.3 is 0 Å². The van der Waals surface area contributed by atoms with Gasteiger partial charge in [-0.1, -0.05) is 42.0 Å². The third kappa shape index (κ3) is 2.49. The van der Waals surface area contributed by atoms with Crippen molar-refractivity contribution in [3.8, 4) is 0 Å². The molecule has 1 unspecified atom stereocenters. The van der Waals surface area contributed by atoms with Gasteiger partial charge < -0.3 is 0 Å². The van der Waals surface area contributed by atoms with Crippen molar-refractivity contribution in [2.24, 2.45) is 0 Å². The molecule has 110 valence electrons. The molecule has 2 aromatic rings. The van der Waals surface area contributed by atoms with E-state index in [0.29, 0.717) is 4.90 Å². The van der Waals surface area contributed by atoms with E-state index in [2.05, 4.69) is 6.07 Å². The lowest BCUT2D eigenvalue weighted by atomic mass is 10.1. The molecule has 0 fully saturated rings. The Morgan fingerprint density at radius 3 is 2.43 bits per heavy atom. The lowest BCUT2D eigenvalue weighted by molar-refractivity contribution is 0.374. The molecule has 21 heavy (non-hydrogen) atoms. The van der Waals surface area contributed by atoms with Gasteiger partial charge in [-0.2, -0.15) is 4.31 Å². The van der Waals surface area contributed by atoms with Crippen molar-refractivity contribution >= 4 is 10.0 Å². The van der Waals surface area contributed by atoms with Gasteiger partial charge in [0.2, 0.25) is 10.0 Å². The van der Waals surface area contributed by atoms with Gasteiger partial charge in [-0.15, -0.1) is 0 Å². The molecule has 1 aliphatic rings. The number of hydrogen-bond acceptors (Lipinski definition) is 2. The van der Waals surface area contributed by atoms with Crippen molar-refractivity contribution in [2.75, 3.05) is 7.05 Å². The molecule has 3 nitrogen and oxygen atoms in total. The fourth-order valence-corrected chi connectivity index (χ4v) is 4.32. The number of rotatable bonds is 3. The Labute approximate surface area is 126 Å². The molecular formula is C17H19NO2S. The molecule has 1 atom stereocenters. The summed E-state index contributed by atoms with van der Waals surface area (Å²) in [6.07, 6.45) is 1.79. The average Bonchev–Trinajstić information content (AvgIpc) is 2.90. The van der Waals surface area contributed by atoms with Crippen LogP contribution in [0.15, 0.2) is 53.4 Å². The summed E-state index contributed by atoms with van der Waals surface area (Å²) in [7, 11) is -1.77. The molecule has 0 aliphatic heterocycles. The Bertz CT molecular complexity index is 751. The number of aryl methyl sites for hydroxylation is 2. The first-order valence-electron chi connectivity index (χ1n) is 7.12. The SMILES string of the molecule is Cc1ccc(S(=O)(=O)N(C)C2CCc3ccccc32)cc1. The van der Waals surface area contributed by atoms with Crippen molar-refractivity contribution in [1.82, 2.24) is 4.31 Å². The van der Waals surface area contributed by atoms with Crippen LogP contribution in [0.5, 0.6) is 0 Å². The number of benzene rings is 2. The van der Waals surface area contributed by atoms with Gasteiger partial charge in [-0.05, 0) is 43.0 Å². The highest BCUT2D eigenvalue weighted by Gasteiger charge is 2.33. The lowest BCUT2D eigenvalue weighted by Gasteiger charge is -2.24. The molecule has 0 aromatic heterocycles. The monoisotopic (exact) mass is 301 g/mol. The van der Waals surface area contributed by atoms with Crippen LogP contribution in [0.25, 0.3) is 0 Å². The maximum absolute atomic E-state index is 12.8. The van der Waals surface area contributed by atoms with Crippen molar-refractivity contribution in [3.05, 3.63) is 65.2 Å². The van der Waals surface area contributed by atoms with E-state index >= 15 is 0 Å². The summed E-state index contributed by atoms with van der Waals surface area (Å²) in [5, 5.41) is 0. The van der Waals surface area contributed by atoms with Gasteiger partial charge in [-0.3, -0.25) is 0 Å². The smallest absolute Gasteiger partial charge is 0.207 e. The second kappa shape index (κ2) is 5.28. The molecule has 4 heteroatoms. The van der Waals surface area contributed by atoms with Gasteiger partial charge in [0.1, 0.15) is 0 Å². The van der Waals surface area contributed by atoms with E-state index in [1.807, 2.05) is 37.3 Å².